The fourth-order valence-corrected chi connectivity index (χ4v) is 4.22. The summed E-state index contributed by atoms with van der Waals surface area (Å²) in [5, 5.41) is 20.3. The zero-order valence-corrected chi connectivity index (χ0v) is 20.3. The van der Waals surface area contributed by atoms with Crippen molar-refractivity contribution in [3.63, 3.8) is 0 Å². The number of aliphatic hydroxyl groups is 2. The van der Waals surface area contributed by atoms with Crippen LogP contribution in [0.25, 0.3) is 0 Å². The molecule has 7 nitrogen and oxygen atoms in total. The molecule has 34 heavy (non-hydrogen) atoms. The second-order valence-corrected chi connectivity index (χ2v) is 10.7. The van der Waals surface area contributed by atoms with E-state index < -0.39 is 62.0 Å². The van der Waals surface area contributed by atoms with Gasteiger partial charge in [-0.3, -0.25) is 19.4 Å². The predicted molar refractivity (Wildman–Crippen MR) is 126 cm³/mol. The maximum Gasteiger partial charge on any atom is 0.416 e. The van der Waals surface area contributed by atoms with Gasteiger partial charge in [0.1, 0.15) is 23.8 Å². The summed E-state index contributed by atoms with van der Waals surface area (Å²) in [5.41, 5.74) is -1.43. The summed E-state index contributed by atoms with van der Waals surface area (Å²) in [4.78, 5) is 31.3. The molecule has 1 aromatic heterocycles. The summed E-state index contributed by atoms with van der Waals surface area (Å²) in [7, 11) is 0. The van der Waals surface area contributed by atoms with E-state index in [0.717, 1.165) is 24.3 Å². The van der Waals surface area contributed by atoms with Gasteiger partial charge in [-0.05, 0) is 37.3 Å². The first-order chi connectivity index (χ1) is 15.5. The van der Waals surface area contributed by atoms with Gasteiger partial charge >= 0.3 is 6.18 Å². The second-order valence-electron chi connectivity index (χ2n) is 7.31. The van der Waals surface area contributed by atoms with Gasteiger partial charge in [0.2, 0.25) is 0 Å². The number of amides is 2. The van der Waals surface area contributed by atoms with Gasteiger partial charge in [-0.1, -0.05) is 11.6 Å². The Hall–Kier alpha value is -1.71. The number of benzene rings is 1. The number of carbonyl (C=O) groups is 2. The van der Waals surface area contributed by atoms with Gasteiger partial charge in [0.05, 0.1) is 10.6 Å². The van der Waals surface area contributed by atoms with Crippen molar-refractivity contribution < 1.29 is 37.4 Å². The number of thiol groups is 3. The molecule has 2 amide bonds. The molecule has 0 saturated carbocycles. The molecule has 1 saturated heterocycles. The van der Waals surface area contributed by atoms with Crippen molar-refractivity contribution in [3.05, 3.63) is 52.4 Å². The highest BCUT2D eigenvalue weighted by atomic mass is 35.5. The third-order valence-electron chi connectivity index (χ3n) is 4.86. The number of pyridine rings is 1. The van der Waals surface area contributed by atoms with Crippen LogP contribution < -0.4 is 9.80 Å². The van der Waals surface area contributed by atoms with E-state index in [1.54, 1.807) is 0 Å². The van der Waals surface area contributed by atoms with Crippen LogP contribution in [0.2, 0.25) is 5.02 Å². The van der Waals surface area contributed by atoms with Gasteiger partial charge in [-0.25, -0.2) is 9.37 Å². The van der Waals surface area contributed by atoms with E-state index in [-0.39, 0.29) is 11.4 Å². The maximum atomic E-state index is 13.7. The second kappa shape index (κ2) is 9.39. The average molecular weight is 558 g/mol. The Morgan fingerprint density at radius 1 is 1.18 bits per heavy atom. The molecule has 0 bridgehead atoms. The molecular weight excluding hydrogens is 542 g/mol. The Morgan fingerprint density at radius 2 is 1.79 bits per heavy atom. The molecule has 1 aliphatic rings. The van der Waals surface area contributed by atoms with Crippen LogP contribution in [0, 0.1) is 12.7 Å². The van der Waals surface area contributed by atoms with Crippen LogP contribution in [0.5, 0.6) is 0 Å². The maximum absolute atomic E-state index is 13.7. The molecule has 15 heteroatoms. The first kappa shape index (κ1) is 26.9. The van der Waals surface area contributed by atoms with E-state index in [1.807, 2.05) is 0 Å². The molecule has 1 fully saturated rings. The predicted octanol–water partition coefficient (Wildman–Crippen LogP) is 3.07. The van der Waals surface area contributed by atoms with Crippen LogP contribution in [-0.2, 0) is 15.8 Å². The van der Waals surface area contributed by atoms with Crippen LogP contribution in [0.3, 0.4) is 0 Å². The minimum atomic E-state index is -4.81. The van der Waals surface area contributed by atoms with Crippen molar-refractivity contribution in [3.8, 4) is 0 Å². The normalized spacial score (nSPS) is 21.2. The van der Waals surface area contributed by atoms with Gasteiger partial charge in [0.15, 0.2) is 9.64 Å². The molecule has 3 rings (SSSR count). The molecule has 0 radical (unpaired) electrons. The number of anilines is 2. The SMILES string of the molecule is Cc1cc(C(F)(F)F)cc(N2C(=O)C(O)C(O)[C@H]2C(=O)N(c2ccc(F)c(Cl)c2)C(S)(S)S)n1. The minimum absolute atomic E-state index is 0.120. The number of nitrogens with zero attached hydrogens (tertiary/aromatic N) is 3. The molecule has 0 aliphatic carbocycles. The number of halogens is 5. The lowest BCUT2D eigenvalue weighted by molar-refractivity contribution is -0.137. The Labute approximate surface area is 211 Å². The number of carbonyl (C=O) groups excluding carboxylic acids is 2. The molecule has 2 heterocycles. The summed E-state index contributed by atoms with van der Waals surface area (Å²) in [6, 6.07) is 2.30. The van der Waals surface area contributed by atoms with E-state index in [4.69, 9.17) is 11.6 Å². The van der Waals surface area contributed by atoms with Gasteiger partial charge in [-0.15, -0.1) is 37.9 Å². The molecule has 3 atom stereocenters. The van der Waals surface area contributed by atoms with Crippen molar-refractivity contribution in [1.29, 1.82) is 0 Å². The third kappa shape index (κ3) is 5.11. The van der Waals surface area contributed by atoms with Crippen LogP contribution in [-0.4, -0.2) is 48.8 Å². The fraction of sp³-hybridized carbons (Fsp3) is 0.316. The van der Waals surface area contributed by atoms with E-state index in [9.17, 15) is 37.4 Å². The lowest BCUT2D eigenvalue weighted by Crippen LogP contribution is -2.55. The van der Waals surface area contributed by atoms with Crippen LogP contribution in [0.15, 0.2) is 30.3 Å². The van der Waals surface area contributed by atoms with Gasteiger partial charge in [0, 0.05) is 11.4 Å². The Bertz CT molecular complexity index is 1150. The topological polar surface area (TPSA) is 94.0 Å². The highest BCUT2D eigenvalue weighted by Gasteiger charge is 2.54. The number of hydrogen-bond donors (Lipinski definition) is 5. The molecule has 0 spiro atoms. The number of aryl methyl sites for hydroxylation is 1. The van der Waals surface area contributed by atoms with Gasteiger partial charge in [0.25, 0.3) is 11.8 Å². The van der Waals surface area contributed by atoms with E-state index in [1.165, 1.54) is 6.92 Å². The largest absolute Gasteiger partial charge is 0.416 e. The average Bonchev–Trinajstić information content (AvgIpc) is 2.92. The first-order valence-electron chi connectivity index (χ1n) is 9.25. The number of alkyl halides is 3. The highest BCUT2D eigenvalue weighted by Crippen LogP contribution is 2.39. The smallest absolute Gasteiger partial charge is 0.387 e. The van der Waals surface area contributed by atoms with Crippen LogP contribution >= 0.6 is 49.5 Å². The monoisotopic (exact) mass is 557 g/mol. The Balaban J connectivity index is 2.16. The van der Waals surface area contributed by atoms with E-state index >= 15 is 0 Å². The Kier molecular flexibility index (Phi) is 7.43. The number of aromatic nitrogens is 1. The first-order valence-corrected chi connectivity index (χ1v) is 11.0. The van der Waals surface area contributed by atoms with Crippen LogP contribution in [0.1, 0.15) is 11.3 Å². The van der Waals surface area contributed by atoms with Crippen molar-refractivity contribution in [1.82, 2.24) is 4.98 Å². The number of aliphatic hydroxyl groups excluding tert-OH is 2. The highest BCUT2D eigenvalue weighted by molar-refractivity contribution is 8.17. The molecular formula is C19H16ClF4N3O4S3. The minimum Gasteiger partial charge on any atom is -0.387 e. The summed E-state index contributed by atoms with van der Waals surface area (Å²) < 4.78 is 51.7. The molecule has 1 aliphatic heterocycles. The zero-order chi connectivity index (χ0) is 25.7. The quantitative estimate of drug-likeness (QED) is 0.226. The number of hydrogen-bond acceptors (Lipinski definition) is 8. The molecule has 2 unspecified atom stereocenters. The standard InChI is InChI=1S/C19H16ClF4N3O4S3/c1-7-4-8(18(22,23)24)5-12(25-7)26-13(14(28)15(29)17(26)31)16(30)27(19(32,33)34)9-2-3-11(21)10(20)6-9/h2-6,13-15,28-29,32-34H,1H3/t13-,14?,15?/m0/s1. The lowest BCUT2D eigenvalue weighted by Gasteiger charge is -2.37. The lowest BCUT2D eigenvalue weighted by atomic mass is 10.1. The fourth-order valence-electron chi connectivity index (χ4n) is 3.41. The summed E-state index contributed by atoms with van der Waals surface area (Å²) in [5.74, 6) is -3.89. The van der Waals surface area contributed by atoms with E-state index in [2.05, 4.69) is 42.9 Å². The van der Waals surface area contributed by atoms with Crippen molar-refractivity contribution >= 4 is 72.8 Å². The molecule has 1 aromatic carbocycles. The summed E-state index contributed by atoms with van der Waals surface area (Å²) in [6.07, 6.45) is -9.04. The van der Waals surface area contributed by atoms with Crippen molar-refractivity contribution in [2.75, 3.05) is 9.80 Å². The van der Waals surface area contributed by atoms with Gasteiger partial charge < -0.3 is 10.2 Å². The molecule has 2 aromatic rings. The van der Waals surface area contributed by atoms with E-state index in [0.29, 0.717) is 15.9 Å². The zero-order valence-electron chi connectivity index (χ0n) is 16.9. The number of rotatable bonds is 4. The van der Waals surface area contributed by atoms with Crippen LogP contribution in [0.4, 0.5) is 29.1 Å². The summed E-state index contributed by atoms with van der Waals surface area (Å²) in [6.45, 7) is 1.23. The summed E-state index contributed by atoms with van der Waals surface area (Å²) >= 11 is 18.1. The van der Waals surface area contributed by atoms with Crippen molar-refractivity contribution in [2.45, 2.75) is 34.9 Å². The molecule has 2 N–H and O–H groups in total. The Morgan fingerprint density at radius 3 is 2.32 bits per heavy atom. The van der Waals surface area contributed by atoms with Crippen molar-refractivity contribution in [2.24, 2.45) is 0 Å². The molecule has 184 valence electrons. The third-order valence-corrected chi connectivity index (χ3v) is 5.75. The van der Waals surface area contributed by atoms with Gasteiger partial charge in [-0.2, -0.15) is 13.2 Å².